The highest BCUT2D eigenvalue weighted by Crippen LogP contribution is 2.26. The molecular formula is C24H19N3O6. The average molecular weight is 445 g/mol. The Balaban J connectivity index is 1.73. The third-order valence-electron chi connectivity index (χ3n) is 4.93. The lowest BCUT2D eigenvalue weighted by Gasteiger charge is -2.26. The first kappa shape index (κ1) is 21.6. The van der Waals surface area contributed by atoms with E-state index in [0.29, 0.717) is 23.7 Å². The summed E-state index contributed by atoms with van der Waals surface area (Å²) >= 11 is 0. The molecule has 1 saturated heterocycles. The van der Waals surface area contributed by atoms with Crippen LogP contribution in [0.25, 0.3) is 11.8 Å². The van der Waals surface area contributed by atoms with Gasteiger partial charge in [-0.1, -0.05) is 12.1 Å². The van der Waals surface area contributed by atoms with Gasteiger partial charge in [-0.3, -0.25) is 14.9 Å². The van der Waals surface area contributed by atoms with Gasteiger partial charge in [-0.05, 0) is 55.5 Å². The number of carbonyl (C=O) groups is 4. The van der Waals surface area contributed by atoms with Gasteiger partial charge in [-0.2, -0.15) is 0 Å². The molecule has 1 aliphatic heterocycles. The van der Waals surface area contributed by atoms with E-state index in [0.717, 1.165) is 4.90 Å². The second-order valence-corrected chi connectivity index (χ2v) is 7.05. The molecule has 33 heavy (non-hydrogen) atoms. The van der Waals surface area contributed by atoms with Crippen molar-refractivity contribution in [2.45, 2.75) is 6.92 Å². The van der Waals surface area contributed by atoms with Crippen LogP contribution in [0, 0.1) is 0 Å². The SMILES string of the molecule is CCOc1cccc(N2C(=O)NC(=O)/C(=C\c3cccn3-c3cccc(C(=O)O)c3)C2=O)c1. The number of aromatic carboxylic acids is 1. The van der Waals surface area contributed by atoms with Gasteiger partial charge in [0.1, 0.15) is 11.3 Å². The van der Waals surface area contributed by atoms with Crippen LogP contribution in [0.15, 0.2) is 72.4 Å². The summed E-state index contributed by atoms with van der Waals surface area (Å²) in [4.78, 5) is 50.3. The molecule has 2 heterocycles. The van der Waals surface area contributed by atoms with E-state index in [1.807, 2.05) is 6.92 Å². The maximum Gasteiger partial charge on any atom is 0.335 e. The first-order valence-electron chi connectivity index (χ1n) is 10.0. The summed E-state index contributed by atoms with van der Waals surface area (Å²) in [5.41, 5.74) is 1.09. The lowest BCUT2D eigenvalue weighted by Crippen LogP contribution is -2.54. The molecule has 0 bridgehead atoms. The lowest BCUT2D eigenvalue weighted by atomic mass is 10.1. The molecule has 9 nitrogen and oxygen atoms in total. The predicted octanol–water partition coefficient (Wildman–Crippen LogP) is 3.24. The topological polar surface area (TPSA) is 118 Å². The quantitative estimate of drug-likeness (QED) is 0.444. The number of hydrogen-bond donors (Lipinski definition) is 2. The second kappa shape index (κ2) is 8.83. The Bertz CT molecular complexity index is 1310. The zero-order chi connectivity index (χ0) is 23.5. The van der Waals surface area contributed by atoms with Crippen LogP contribution in [0.1, 0.15) is 23.0 Å². The van der Waals surface area contributed by atoms with Crippen molar-refractivity contribution in [3.63, 3.8) is 0 Å². The number of rotatable bonds is 6. The molecule has 4 rings (SSSR count). The summed E-state index contributed by atoms with van der Waals surface area (Å²) in [6.07, 6.45) is 3.03. The fourth-order valence-electron chi connectivity index (χ4n) is 3.45. The van der Waals surface area contributed by atoms with Crippen LogP contribution >= 0.6 is 0 Å². The highest BCUT2D eigenvalue weighted by atomic mass is 16.5. The van der Waals surface area contributed by atoms with Crippen LogP contribution in [-0.4, -0.2) is 40.1 Å². The van der Waals surface area contributed by atoms with Crippen LogP contribution in [-0.2, 0) is 9.59 Å². The maximum atomic E-state index is 13.2. The van der Waals surface area contributed by atoms with Gasteiger partial charge in [0.15, 0.2) is 0 Å². The van der Waals surface area contributed by atoms with Crippen LogP contribution < -0.4 is 15.0 Å². The van der Waals surface area contributed by atoms with Crippen molar-refractivity contribution in [3.05, 3.63) is 83.7 Å². The highest BCUT2D eigenvalue weighted by molar-refractivity contribution is 6.39. The number of ether oxygens (including phenoxy) is 1. The molecule has 2 aromatic carbocycles. The van der Waals surface area contributed by atoms with Gasteiger partial charge in [-0.25, -0.2) is 14.5 Å². The van der Waals surface area contributed by atoms with Crippen molar-refractivity contribution >= 4 is 35.6 Å². The van der Waals surface area contributed by atoms with Crippen molar-refractivity contribution in [1.29, 1.82) is 0 Å². The normalized spacial score (nSPS) is 15.0. The number of carboxylic acids is 1. The van der Waals surface area contributed by atoms with Gasteiger partial charge < -0.3 is 14.4 Å². The van der Waals surface area contributed by atoms with E-state index in [2.05, 4.69) is 5.32 Å². The number of hydrogen-bond acceptors (Lipinski definition) is 5. The fourth-order valence-corrected chi connectivity index (χ4v) is 3.45. The number of carboxylic acid groups (broad SMARTS) is 1. The van der Waals surface area contributed by atoms with Gasteiger partial charge in [0.25, 0.3) is 11.8 Å². The molecule has 0 spiro atoms. The van der Waals surface area contributed by atoms with Crippen molar-refractivity contribution < 1.29 is 29.0 Å². The Morgan fingerprint density at radius 1 is 1.03 bits per heavy atom. The summed E-state index contributed by atoms with van der Waals surface area (Å²) in [5.74, 6) is -2.21. The average Bonchev–Trinajstić information content (AvgIpc) is 3.25. The van der Waals surface area contributed by atoms with E-state index >= 15 is 0 Å². The second-order valence-electron chi connectivity index (χ2n) is 7.05. The van der Waals surface area contributed by atoms with E-state index in [1.54, 1.807) is 53.2 Å². The van der Waals surface area contributed by atoms with Crippen molar-refractivity contribution in [1.82, 2.24) is 9.88 Å². The molecule has 1 aromatic heterocycles. The molecule has 0 atom stereocenters. The van der Waals surface area contributed by atoms with Crippen LogP contribution in [0.4, 0.5) is 10.5 Å². The third kappa shape index (κ3) is 4.24. The fraction of sp³-hybridized carbons (Fsp3) is 0.0833. The van der Waals surface area contributed by atoms with E-state index in [-0.39, 0.29) is 16.8 Å². The first-order chi connectivity index (χ1) is 15.9. The molecule has 0 aliphatic carbocycles. The molecule has 4 amide bonds. The number of anilines is 1. The van der Waals surface area contributed by atoms with E-state index in [4.69, 9.17) is 4.74 Å². The summed E-state index contributed by atoms with van der Waals surface area (Å²) in [6, 6.07) is 15.2. The monoisotopic (exact) mass is 445 g/mol. The zero-order valence-corrected chi connectivity index (χ0v) is 17.5. The van der Waals surface area contributed by atoms with Gasteiger partial charge in [0.2, 0.25) is 0 Å². The molecule has 3 aromatic rings. The Morgan fingerprint density at radius 2 is 1.79 bits per heavy atom. The smallest absolute Gasteiger partial charge is 0.335 e. The number of imide groups is 2. The van der Waals surface area contributed by atoms with E-state index in [1.165, 1.54) is 24.3 Å². The minimum absolute atomic E-state index is 0.0947. The molecule has 9 heteroatoms. The van der Waals surface area contributed by atoms with Gasteiger partial charge in [0.05, 0.1) is 17.9 Å². The molecule has 166 valence electrons. The Morgan fingerprint density at radius 3 is 2.55 bits per heavy atom. The lowest BCUT2D eigenvalue weighted by molar-refractivity contribution is -0.122. The van der Waals surface area contributed by atoms with Crippen molar-refractivity contribution in [2.75, 3.05) is 11.5 Å². The molecular weight excluding hydrogens is 426 g/mol. The number of nitrogens with one attached hydrogen (secondary N) is 1. The number of carbonyl (C=O) groups excluding carboxylic acids is 3. The number of aromatic nitrogens is 1. The highest BCUT2D eigenvalue weighted by Gasteiger charge is 2.37. The predicted molar refractivity (Wildman–Crippen MR) is 119 cm³/mol. The van der Waals surface area contributed by atoms with Crippen LogP contribution in [0.2, 0.25) is 0 Å². The summed E-state index contributed by atoms with van der Waals surface area (Å²) in [7, 11) is 0. The first-order valence-corrected chi connectivity index (χ1v) is 10.0. The summed E-state index contributed by atoms with van der Waals surface area (Å²) in [6.45, 7) is 2.22. The molecule has 0 radical (unpaired) electrons. The Hall–Kier alpha value is -4.66. The molecule has 2 N–H and O–H groups in total. The van der Waals surface area contributed by atoms with Crippen LogP contribution in [0.5, 0.6) is 5.75 Å². The molecule has 1 fully saturated rings. The Kier molecular flexibility index (Phi) is 5.77. The van der Waals surface area contributed by atoms with Gasteiger partial charge in [0, 0.05) is 23.6 Å². The van der Waals surface area contributed by atoms with E-state index in [9.17, 15) is 24.3 Å². The number of nitrogens with zero attached hydrogens (tertiary/aromatic N) is 2. The van der Waals surface area contributed by atoms with Crippen molar-refractivity contribution in [3.8, 4) is 11.4 Å². The number of urea groups is 1. The molecule has 0 unspecified atom stereocenters. The zero-order valence-electron chi connectivity index (χ0n) is 17.5. The molecule has 0 saturated carbocycles. The number of barbiturate groups is 1. The Labute approximate surface area is 188 Å². The largest absolute Gasteiger partial charge is 0.494 e. The number of benzene rings is 2. The van der Waals surface area contributed by atoms with Gasteiger partial charge in [-0.15, -0.1) is 0 Å². The minimum atomic E-state index is -1.07. The third-order valence-corrected chi connectivity index (χ3v) is 4.93. The van der Waals surface area contributed by atoms with E-state index < -0.39 is 23.8 Å². The van der Waals surface area contributed by atoms with Gasteiger partial charge >= 0.3 is 12.0 Å². The maximum absolute atomic E-state index is 13.2. The van der Waals surface area contributed by atoms with Crippen LogP contribution in [0.3, 0.4) is 0 Å². The summed E-state index contributed by atoms with van der Waals surface area (Å²) < 4.78 is 7.07. The minimum Gasteiger partial charge on any atom is -0.494 e. The number of amides is 4. The summed E-state index contributed by atoms with van der Waals surface area (Å²) in [5, 5.41) is 11.4. The molecule has 1 aliphatic rings. The van der Waals surface area contributed by atoms with Crippen molar-refractivity contribution in [2.24, 2.45) is 0 Å². The standard InChI is InChI=1S/C24H19N3O6/c1-2-33-19-10-4-8-18(13-19)27-22(29)20(21(28)25-24(27)32)14-17-9-5-11-26(17)16-7-3-6-15(12-16)23(30)31/h3-14H,2H2,1H3,(H,30,31)(H,25,28,32)/b20-14+.